The largest absolute Gasteiger partial charge is 0.455 e. The molecule has 15 rings (SSSR count). The van der Waals surface area contributed by atoms with Gasteiger partial charge in [-0.2, -0.15) is 0 Å². The minimum Gasteiger partial charge on any atom is -0.455 e. The third kappa shape index (κ3) is 8.78. The molecule has 0 atom stereocenters. The van der Waals surface area contributed by atoms with Crippen molar-refractivity contribution in [1.29, 1.82) is 0 Å². The highest BCUT2D eigenvalue weighted by molar-refractivity contribution is 6.31. The average molecular weight is 1080 g/mol. The van der Waals surface area contributed by atoms with Crippen molar-refractivity contribution in [3.63, 3.8) is 0 Å². The highest BCUT2D eigenvalue weighted by atomic mass is 16.3. The van der Waals surface area contributed by atoms with Gasteiger partial charge in [-0.15, -0.1) is 0 Å². The van der Waals surface area contributed by atoms with Crippen LogP contribution < -0.4 is 9.80 Å². The minimum atomic E-state index is 0.350. The molecular weight excluding hydrogens is 1020 g/mol. The van der Waals surface area contributed by atoms with Crippen molar-refractivity contribution in [3.8, 4) is 44.5 Å². The zero-order valence-electron chi connectivity index (χ0n) is 47.4. The number of fused-ring (bicyclic) bond motifs is 8. The van der Waals surface area contributed by atoms with Gasteiger partial charge >= 0.3 is 0 Å². The Bertz CT molecular complexity index is 4620. The summed E-state index contributed by atoms with van der Waals surface area (Å²) in [7, 11) is 0. The third-order valence-corrected chi connectivity index (χ3v) is 16.9. The first-order chi connectivity index (χ1) is 41.3. The second-order valence-corrected chi connectivity index (χ2v) is 22.8. The number of nitrogens with zero attached hydrogens (tertiary/aromatic N) is 2. The summed E-state index contributed by atoms with van der Waals surface area (Å²) in [4.78, 5) is 4.82. The van der Waals surface area contributed by atoms with Crippen LogP contribution in [0.2, 0.25) is 0 Å². The zero-order valence-corrected chi connectivity index (χ0v) is 47.4. The number of furan rings is 2. The van der Waals surface area contributed by atoms with E-state index in [1.807, 2.05) is 0 Å². The standard InChI is InChI=1S/C80H60N2O2/c1-51(2)57-37-41-67(53-23-11-5-12-24-53)71(47-57)81(63-31-19-9-20-32-63)65-39-35-59-45-69-73(49-61(59)43-65)83-79-76(56-29-17-8-18-30-56)78-70-46-60-36-40-66(44-62(60)50-74(70)84-80(78)75(77(69)79)55-27-15-7-16-28-55)82(64-33-21-10-22-34-64)72-48-58(52(3)4)38-42-68(72)54-25-13-6-14-26-54/h5-52H,1-4H3. The Hall–Kier alpha value is -10.4. The first-order valence-electron chi connectivity index (χ1n) is 29.3. The molecule has 0 radical (unpaired) electrons. The maximum absolute atomic E-state index is 7.44. The maximum atomic E-state index is 7.44. The molecule has 15 aromatic rings. The number of anilines is 6. The minimum absolute atomic E-state index is 0.350. The lowest BCUT2D eigenvalue weighted by atomic mass is 9.90. The molecule has 0 saturated carbocycles. The highest BCUT2D eigenvalue weighted by Crippen LogP contribution is 2.53. The molecule has 0 N–H and O–H groups in total. The molecule has 2 heterocycles. The number of rotatable bonds is 12. The summed E-state index contributed by atoms with van der Waals surface area (Å²) < 4.78 is 14.9. The van der Waals surface area contributed by atoms with Gasteiger partial charge in [-0.1, -0.05) is 222 Å². The average Bonchev–Trinajstić information content (AvgIpc) is 2.21. The molecule has 0 aliphatic carbocycles. The molecule has 0 aliphatic rings. The van der Waals surface area contributed by atoms with Crippen molar-refractivity contribution < 1.29 is 8.83 Å². The topological polar surface area (TPSA) is 32.8 Å². The fourth-order valence-electron chi connectivity index (χ4n) is 12.7. The normalized spacial score (nSPS) is 11.8. The Labute approximate surface area is 489 Å². The Kier molecular flexibility index (Phi) is 12.5. The lowest BCUT2D eigenvalue weighted by Crippen LogP contribution is -2.12. The Morgan fingerprint density at radius 3 is 0.988 bits per heavy atom. The maximum Gasteiger partial charge on any atom is 0.144 e. The Morgan fingerprint density at radius 1 is 0.286 bits per heavy atom. The van der Waals surface area contributed by atoms with E-state index in [4.69, 9.17) is 8.83 Å². The molecule has 4 nitrogen and oxygen atoms in total. The quantitative estimate of drug-likeness (QED) is 0.122. The fourth-order valence-corrected chi connectivity index (χ4v) is 12.7. The number of hydrogen-bond donors (Lipinski definition) is 0. The van der Waals surface area contributed by atoms with Gasteiger partial charge < -0.3 is 18.6 Å². The SMILES string of the molecule is CC(C)c1ccc(-c2ccccc2)c(N(c2ccccc2)c2ccc3cc4c(cc3c2)oc2c(-c3ccccc3)c3c(oc5cc6cc(N(c7ccccc7)c7cc(C(C)C)ccc7-c7ccccc7)ccc6cc53)c(-c3ccccc3)c24)c1. The van der Waals surface area contributed by atoms with Crippen molar-refractivity contribution in [2.24, 2.45) is 0 Å². The monoisotopic (exact) mass is 1080 g/mol. The van der Waals surface area contributed by atoms with Gasteiger partial charge in [0, 0.05) is 66.5 Å². The third-order valence-electron chi connectivity index (χ3n) is 16.9. The van der Waals surface area contributed by atoms with E-state index in [0.717, 1.165) is 122 Å². The van der Waals surface area contributed by atoms with Crippen LogP contribution in [0.15, 0.2) is 288 Å². The van der Waals surface area contributed by atoms with E-state index in [2.05, 4.69) is 317 Å². The summed E-state index contributed by atoms with van der Waals surface area (Å²) in [6, 6.07) is 101. The van der Waals surface area contributed by atoms with Crippen molar-refractivity contribution in [3.05, 3.63) is 290 Å². The second kappa shape index (κ2) is 20.8. The van der Waals surface area contributed by atoms with Crippen molar-refractivity contribution in [1.82, 2.24) is 0 Å². The van der Waals surface area contributed by atoms with Crippen LogP contribution in [0.3, 0.4) is 0 Å². The summed E-state index contributed by atoms with van der Waals surface area (Å²) in [5, 5.41) is 8.52. The van der Waals surface area contributed by atoms with Crippen LogP contribution in [0.25, 0.3) is 110 Å². The Balaban J connectivity index is 0.950. The van der Waals surface area contributed by atoms with Crippen molar-refractivity contribution >= 4 is 99.5 Å². The van der Waals surface area contributed by atoms with Gasteiger partial charge in [-0.3, -0.25) is 0 Å². The summed E-state index contributed by atoms with van der Waals surface area (Å²) >= 11 is 0. The van der Waals surface area contributed by atoms with Crippen LogP contribution in [-0.2, 0) is 0 Å². The van der Waals surface area contributed by atoms with Crippen LogP contribution in [0.5, 0.6) is 0 Å². The van der Waals surface area contributed by atoms with Gasteiger partial charge in [0.1, 0.15) is 22.3 Å². The van der Waals surface area contributed by atoms with Crippen molar-refractivity contribution in [2.75, 3.05) is 9.80 Å². The lowest BCUT2D eigenvalue weighted by molar-refractivity contribution is 0.666. The van der Waals surface area contributed by atoms with E-state index in [9.17, 15) is 0 Å². The smallest absolute Gasteiger partial charge is 0.144 e. The van der Waals surface area contributed by atoms with Gasteiger partial charge in [-0.05, 0) is 152 Å². The predicted molar refractivity (Wildman–Crippen MR) is 355 cm³/mol. The van der Waals surface area contributed by atoms with E-state index in [1.54, 1.807) is 0 Å². The van der Waals surface area contributed by atoms with Gasteiger partial charge in [0.25, 0.3) is 0 Å². The van der Waals surface area contributed by atoms with Gasteiger partial charge in [0.05, 0.1) is 11.4 Å². The molecule has 4 heteroatoms. The first kappa shape index (κ1) is 50.5. The summed E-state index contributed by atoms with van der Waals surface area (Å²) in [5.74, 6) is 0.701. The molecule has 0 amide bonds. The van der Waals surface area contributed by atoms with Crippen LogP contribution in [-0.4, -0.2) is 0 Å². The molecule has 0 fully saturated rings. The molecule has 0 unspecified atom stereocenters. The number of hydrogen-bond acceptors (Lipinski definition) is 4. The molecule has 0 saturated heterocycles. The molecular formula is C80H60N2O2. The molecule has 402 valence electrons. The second-order valence-electron chi connectivity index (χ2n) is 22.8. The highest BCUT2D eigenvalue weighted by Gasteiger charge is 2.28. The summed E-state index contributed by atoms with van der Waals surface area (Å²) in [6.07, 6.45) is 0. The van der Waals surface area contributed by atoms with E-state index in [0.29, 0.717) is 11.8 Å². The van der Waals surface area contributed by atoms with Crippen LogP contribution >= 0.6 is 0 Å². The molecule has 0 bridgehead atoms. The van der Waals surface area contributed by atoms with Crippen LogP contribution in [0.1, 0.15) is 50.7 Å². The van der Waals surface area contributed by atoms with Gasteiger partial charge in [0.15, 0.2) is 0 Å². The fraction of sp³-hybridized carbons (Fsp3) is 0.0750. The summed E-state index contributed by atoms with van der Waals surface area (Å²) in [6.45, 7) is 9.06. The zero-order chi connectivity index (χ0) is 56.4. The van der Waals surface area contributed by atoms with E-state index in [-0.39, 0.29) is 0 Å². The first-order valence-corrected chi connectivity index (χ1v) is 29.3. The Morgan fingerprint density at radius 2 is 0.631 bits per heavy atom. The lowest BCUT2D eigenvalue weighted by Gasteiger charge is -2.29. The summed E-state index contributed by atoms with van der Waals surface area (Å²) in [5.41, 5.74) is 21.2. The van der Waals surface area contributed by atoms with E-state index in [1.165, 1.54) is 33.4 Å². The van der Waals surface area contributed by atoms with Crippen LogP contribution in [0.4, 0.5) is 34.1 Å². The number of benzene rings is 13. The van der Waals surface area contributed by atoms with Gasteiger partial charge in [-0.25, -0.2) is 0 Å². The molecule has 0 spiro atoms. The van der Waals surface area contributed by atoms with Gasteiger partial charge in [0.2, 0.25) is 0 Å². The number of para-hydroxylation sites is 2. The molecule has 13 aromatic carbocycles. The molecule has 2 aromatic heterocycles. The van der Waals surface area contributed by atoms with Crippen molar-refractivity contribution in [2.45, 2.75) is 39.5 Å². The van der Waals surface area contributed by atoms with E-state index >= 15 is 0 Å². The van der Waals surface area contributed by atoms with E-state index < -0.39 is 0 Å². The van der Waals surface area contributed by atoms with Crippen LogP contribution in [0, 0.1) is 0 Å². The molecule has 84 heavy (non-hydrogen) atoms. The predicted octanol–water partition coefficient (Wildman–Crippen LogP) is 23.6. The molecule has 0 aliphatic heterocycles.